The molecule has 1 heterocycles. The van der Waals surface area contributed by atoms with Gasteiger partial charge in [0.05, 0.1) is 33.3 Å². The van der Waals surface area contributed by atoms with Crippen LogP contribution in [-0.4, -0.2) is 51.0 Å². The smallest absolute Gasteiger partial charge is 0.239 e. The van der Waals surface area contributed by atoms with Crippen molar-refractivity contribution in [3.8, 4) is 11.5 Å². The first-order chi connectivity index (χ1) is 14.5. The van der Waals surface area contributed by atoms with E-state index in [1.54, 1.807) is 21.3 Å². The summed E-state index contributed by atoms with van der Waals surface area (Å²) in [5.41, 5.74) is 0.838. The lowest BCUT2D eigenvalue weighted by Gasteiger charge is -2.32. The molecule has 1 fully saturated rings. The number of amides is 2. The lowest BCUT2D eigenvalue weighted by molar-refractivity contribution is -0.125. The zero-order chi connectivity index (χ0) is 21.6. The van der Waals surface area contributed by atoms with E-state index >= 15 is 0 Å². The Morgan fingerprint density at radius 3 is 2.23 bits per heavy atom. The van der Waals surface area contributed by atoms with E-state index in [4.69, 9.17) is 14.2 Å². The molecular formula is C22H26N2O5S. The molecule has 2 atom stereocenters. The van der Waals surface area contributed by atoms with Crippen LogP contribution in [0.2, 0.25) is 0 Å². The molecule has 1 aliphatic rings. The fourth-order valence-electron chi connectivity index (χ4n) is 3.44. The minimum absolute atomic E-state index is 0.0687. The molecule has 3 rings (SSSR count). The van der Waals surface area contributed by atoms with E-state index in [9.17, 15) is 9.59 Å². The van der Waals surface area contributed by atoms with Crippen LogP contribution in [0.15, 0.2) is 53.4 Å². The third kappa shape index (κ3) is 4.71. The third-order valence-electron chi connectivity index (χ3n) is 4.98. The molecule has 8 heteroatoms. The fourth-order valence-corrected chi connectivity index (χ4v) is 4.81. The number of hydrogen-bond donors (Lipinski definition) is 2. The van der Waals surface area contributed by atoms with E-state index in [1.807, 2.05) is 48.5 Å². The Hall–Kier alpha value is -2.71. The van der Waals surface area contributed by atoms with Crippen LogP contribution in [0.1, 0.15) is 18.0 Å². The van der Waals surface area contributed by atoms with Crippen LogP contribution in [0.25, 0.3) is 0 Å². The van der Waals surface area contributed by atoms with Crippen molar-refractivity contribution in [1.82, 2.24) is 10.6 Å². The normalized spacial score (nSPS) is 20.5. The summed E-state index contributed by atoms with van der Waals surface area (Å²) in [7, 11) is 4.78. The van der Waals surface area contributed by atoms with Crippen LogP contribution in [0, 0.1) is 0 Å². The maximum absolute atomic E-state index is 13.4. The number of nitrogens with one attached hydrogen (secondary N) is 2. The van der Waals surface area contributed by atoms with Gasteiger partial charge in [0.2, 0.25) is 11.8 Å². The number of rotatable bonds is 9. The van der Waals surface area contributed by atoms with Crippen LogP contribution < -0.4 is 20.1 Å². The fraction of sp³-hybridized carbons (Fsp3) is 0.364. The van der Waals surface area contributed by atoms with Crippen molar-refractivity contribution in [3.63, 3.8) is 0 Å². The Labute approximate surface area is 180 Å². The zero-order valence-corrected chi connectivity index (χ0v) is 18.1. The Bertz CT molecular complexity index is 872. The summed E-state index contributed by atoms with van der Waals surface area (Å²) in [5, 5.41) is 5.92. The monoisotopic (exact) mass is 430 g/mol. The minimum atomic E-state index is -1.05. The van der Waals surface area contributed by atoms with Crippen LogP contribution in [0.5, 0.6) is 11.5 Å². The topological polar surface area (TPSA) is 85.9 Å². The van der Waals surface area contributed by atoms with Crippen LogP contribution in [-0.2, 0) is 14.3 Å². The summed E-state index contributed by atoms with van der Waals surface area (Å²) in [6, 6.07) is 14.4. The SMILES string of the molecule is COCCNC(=O)[C@@]1(Sc2ccc(OC)cc2)CC(=O)N[C@@H]1c1ccc(OC)cc1. The van der Waals surface area contributed by atoms with Gasteiger partial charge in [0.25, 0.3) is 0 Å². The van der Waals surface area contributed by atoms with E-state index in [0.717, 1.165) is 16.2 Å². The van der Waals surface area contributed by atoms with Crippen molar-refractivity contribution in [2.45, 2.75) is 22.1 Å². The number of thioether (sulfide) groups is 1. The second-order valence-corrected chi connectivity index (χ2v) is 8.27. The second-order valence-electron chi connectivity index (χ2n) is 6.87. The third-order valence-corrected chi connectivity index (χ3v) is 6.42. The Morgan fingerprint density at radius 1 is 1.07 bits per heavy atom. The maximum Gasteiger partial charge on any atom is 0.239 e. The molecule has 7 nitrogen and oxygen atoms in total. The Kier molecular flexibility index (Phi) is 7.23. The number of carbonyl (C=O) groups excluding carboxylic acids is 2. The molecule has 2 aromatic carbocycles. The van der Waals surface area contributed by atoms with Gasteiger partial charge in [-0.2, -0.15) is 0 Å². The summed E-state index contributed by atoms with van der Waals surface area (Å²) in [6.07, 6.45) is 0.0687. The first kappa shape index (κ1) is 22.0. The zero-order valence-electron chi connectivity index (χ0n) is 17.3. The highest BCUT2D eigenvalue weighted by Gasteiger charge is 2.54. The van der Waals surface area contributed by atoms with Gasteiger partial charge in [-0.25, -0.2) is 0 Å². The highest BCUT2D eigenvalue weighted by molar-refractivity contribution is 8.01. The Morgan fingerprint density at radius 2 is 1.67 bits per heavy atom. The first-order valence-corrected chi connectivity index (χ1v) is 10.4. The van der Waals surface area contributed by atoms with Crippen LogP contribution in [0.3, 0.4) is 0 Å². The summed E-state index contributed by atoms with van der Waals surface area (Å²) in [6.45, 7) is 0.757. The van der Waals surface area contributed by atoms with E-state index < -0.39 is 10.8 Å². The molecule has 160 valence electrons. The molecule has 0 bridgehead atoms. The van der Waals surface area contributed by atoms with Crippen LogP contribution >= 0.6 is 11.8 Å². The number of carbonyl (C=O) groups is 2. The van der Waals surface area contributed by atoms with E-state index in [-0.39, 0.29) is 18.2 Å². The van der Waals surface area contributed by atoms with E-state index in [0.29, 0.717) is 18.9 Å². The highest BCUT2D eigenvalue weighted by Crippen LogP contribution is 2.48. The summed E-state index contributed by atoms with van der Waals surface area (Å²) < 4.78 is 14.5. The van der Waals surface area contributed by atoms with Gasteiger partial charge in [0.1, 0.15) is 16.2 Å². The Balaban J connectivity index is 1.97. The van der Waals surface area contributed by atoms with Gasteiger partial charge < -0.3 is 24.8 Å². The van der Waals surface area contributed by atoms with Crippen molar-refractivity contribution < 1.29 is 23.8 Å². The molecule has 0 radical (unpaired) electrons. The molecule has 1 aliphatic heterocycles. The number of methoxy groups -OCH3 is 3. The average Bonchev–Trinajstić information content (AvgIpc) is 3.11. The van der Waals surface area contributed by atoms with Crippen molar-refractivity contribution in [2.75, 3.05) is 34.5 Å². The van der Waals surface area contributed by atoms with Crippen molar-refractivity contribution in [1.29, 1.82) is 0 Å². The van der Waals surface area contributed by atoms with E-state index in [2.05, 4.69) is 10.6 Å². The maximum atomic E-state index is 13.4. The van der Waals surface area contributed by atoms with Gasteiger partial charge in [-0.1, -0.05) is 12.1 Å². The van der Waals surface area contributed by atoms with Gasteiger partial charge in [-0.15, -0.1) is 11.8 Å². The highest BCUT2D eigenvalue weighted by atomic mass is 32.2. The minimum Gasteiger partial charge on any atom is -0.497 e. The summed E-state index contributed by atoms with van der Waals surface area (Å²) in [5.74, 6) is 1.06. The second kappa shape index (κ2) is 9.86. The molecule has 0 spiro atoms. The molecule has 2 aromatic rings. The lowest BCUT2D eigenvalue weighted by Crippen LogP contribution is -2.48. The molecule has 2 N–H and O–H groups in total. The van der Waals surface area contributed by atoms with Gasteiger partial charge in [-0.3, -0.25) is 9.59 Å². The molecule has 0 saturated carbocycles. The predicted molar refractivity (Wildman–Crippen MR) is 115 cm³/mol. The number of hydrogen-bond acceptors (Lipinski definition) is 6. The molecule has 30 heavy (non-hydrogen) atoms. The standard InChI is InChI=1S/C22H26N2O5S/c1-27-13-12-23-21(26)22(30-18-10-8-17(29-3)9-11-18)14-19(25)24-20(22)15-4-6-16(28-2)7-5-15/h4-11,20H,12-14H2,1-3H3,(H,23,26)(H,24,25)/t20-,22-/m1/s1. The van der Waals surface area contributed by atoms with Crippen molar-refractivity contribution >= 4 is 23.6 Å². The molecule has 0 aliphatic carbocycles. The van der Waals surface area contributed by atoms with Crippen molar-refractivity contribution in [3.05, 3.63) is 54.1 Å². The van der Waals surface area contributed by atoms with Gasteiger partial charge in [0, 0.05) is 18.6 Å². The summed E-state index contributed by atoms with van der Waals surface area (Å²) in [4.78, 5) is 26.8. The number of benzene rings is 2. The molecule has 1 saturated heterocycles. The molecular weight excluding hydrogens is 404 g/mol. The molecule has 2 amide bonds. The van der Waals surface area contributed by atoms with Gasteiger partial charge in [0.15, 0.2) is 0 Å². The average molecular weight is 431 g/mol. The predicted octanol–water partition coefficient (Wildman–Crippen LogP) is 2.56. The molecule has 0 aromatic heterocycles. The number of ether oxygens (including phenoxy) is 3. The van der Waals surface area contributed by atoms with Crippen molar-refractivity contribution in [2.24, 2.45) is 0 Å². The van der Waals surface area contributed by atoms with Crippen LogP contribution in [0.4, 0.5) is 0 Å². The molecule has 0 unspecified atom stereocenters. The lowest BCUT2D eigenvalue weighted by atomic mass is 9.92. The first-order valence-electron chi connectivity index (χ1n) is 9.56. The van der Waals surface area contributed by atoms with E-state index in [1.165, 1.54) is 11.8 Å². The quantitative estimate of drug-likeness (QED) is 0.595. The summed E-state index contributed by atoms with van der Waals surface area (Å²) >= 11 is 1.38. The van der Waals surface area contributed by atoms with Gasteiger partial charge in [-0.05, 0) is 42.0 Å². The van der Waals surface area contributed by atoms with Gasteiger partial charge >= 0.3 is 0 Å². The largest absolute Gasteiger partial charge is 0.497 e.